The van der Waals surface area contributed by atoms with Gasteiger partial charge in [-0.15, -0.1) is 5.10 Å². The predicted octanol–water partition coefficient (Wildman–Crippen LogP) is 3.26. The van der Waals surface area contributed by atoms with Crippen LogP contribution >= 0.6 is 23.4 Å². The van der Waals surface area contributed by atoms with Gasteiger partial charge in [0.05, 0.1) is 23.5 Å². The summed E-state index contributed by atoms with van der Waals surface area (Å²) in [7, 11) is 1.63. The maximum Gasteiger partial charge on any atom is 0.214 e. The van der Waals surface area contributed by atoms with E-state index in [1.54, 1.807) is 11.8 Å². The summed E-state index contributed by atoms with van der Waals surface area (Å²) in [6.45, 7) is 0. The Bertz CT molecular complexity index is 1010. The highest BCUT2D eigenvalue weighted by Gasteiger charge is 2.11. The molecule has 0 saturated heterocycles. The first-order valence-electron chi connectivity index (χ1n) is 7.42. The van der Waals surface area contributed by atoms with Crippen molar-refractivity contribution >= 4 is 29.0 Å². The number of halogens is 1. The standard InChI is InChI=1S/C16H13ClN6OS/c1-24-14-5-3-13(4-6-14)23-16(19-20-21-23)25-10-12-9-22-8-11(17)2-7-15(22)18-12/h2-9H,10H2,1H3. The molecule has 0 fully saturated rings. The van der Waals surface area contributed by atoms with E-state index in [-0.39, 0.29) is 0 Å². The molecule has 25 heavy (non-hydrogen) atoms. The molecular weight excluding hydrogens is 360 g/mol. The highest BCUT2D eigenvalue weighted by Crippen LogP contribution is 2.23. The molecule has 0 N–H and O–H groups in total. The highest BCUT2D eigenvalue weighted by molar-refractivity contribution is 7.98. The molecule has 4 rings (SSSR count). The van der Waals surface area contributed by atoms with Crippen LogP contribution in [0.15, 0.2) is 53.9 Å². The van der Waals surface area contributed by atoms with Crippen LogP contribution in [-0.2, 0) is 5.75 Å². The van der Waals surface area contributed by atoms with Crippen LogP contribution in [0.1, 0.15) is 5.69 Å². The Balaban J connectivity index is 1.53. The van der Waals surface area contributed by atoms with Gasteiger partial charge in [0.25, 0.3) is 0 Å². The summed E-state index contributed by atoms with van der Waals surface area (Å²) < 4.78 is 8.77. The molecule has 0 radical (unpaired) electrons. The van der Waals surface area contributed by atoms with E-state index in [0.29, 0.717) is 15.9 Å². The van der Waals surface area contributed by atoms with Gasteiger partial charge in [0.1, 0.15) is 11.4 Å². The molecule has 0 saturated carbocycles. The number of nitrogens with zero attached hydrogens (tertiary/aromatic N) is 6. The number of imidazole rings is 1. The SMILES string of the molecule is COc1ccc(-n2nnnc2SCc2cn3cc(Cl)ccc3n2)cc1. The molecule has 0 unspecified atom stereocenters. The van der Waals surface area contributed by atoms with E-state index < -0.39 is 0 Å². The van der Waals surface area contributed by atoms with Crippen molar-refractivity contribution in [3.8, 4) is 11.4 Å². The van der Waals surface area contributed by atoms with Gasteiger partial charge in [-0.05, 0) is 46.8 Å². The van der Waals surface area contributed by atoms with Gasteiger partial charge in [-0.2, -0.15) is 4.68 Å². The van der Waals surface area contributed by atoms with E-state index in [0.717, 1.165) is 22.8 Å². The van der Waals surface area contributed by atoms with Crippen molar-refractivity contribution in [2.45, 2.75) is 10.9 Å². The van der Waals surface area contributed by atoms with E-state index in [4.69, 9.17) is 16.3 Å². The normalized spacial score (nSPS) is 11.1. The quantitative estimate of drug-likeness (QED) is 0.501. The average molecular weight is 373 g/mol. The van der Waals surface area contributed by atoms with Gasteiger partial charge >= 0.3 is 0 Å². The first-order valence-corrected chi connectivity index (χ1v) is 8.78. The van der Waals surface area contributed by atoms with Gasteiger partial charge in [-0.25, -0.2) is 4.98 Å². The van der Waals surface area contributed by atoms with Crippen molar-refractivity contribution in [3.63, 3.8) is 0 Å². The van der Waals surface area contributed by atoms with Crippen LogP contribution in [0.25, 0.3) is 11.3 Å². The number of hydrogen-bond donors (Lipinski definition) is 0. The molecule has 0 bridgehead atoms. The third-order valence-corrected chi connectivity index (χ3v) is 4.75. The van der Waals surface area contributed by atoms with Gasteiger partial charge in [-0.3, -0.25) is 0 Å². The third-order valence-electron chi connectivity index (χ3n) is 3.57. The zero-order valence-electron chi connectivity index (χ0n) is 13.2. The lowest BCUT2D eigenvalue weighted by Gasteiger charge is -2.04. The first kappa shape index (κ1) is 15.9. The van der Waals surface area contributed by atoms with E-state index in [9.17, 15) is 0 Å². The average Bonchev–Trinajstić information content (AvgIpc) is 3.26. The second-order valence-electron chi connectivity index (χ2n) is 5.20. The van der Waals surface area contributed by atoms with Gasteiger partial charge < -0.3 is 9.14 Å². The summed E-state index contributed by atoms with van der Waals surface area (Å²) in [6.07, 6.45) is 3.79. The van der Waals surface area contributed by atoms with Crippen molar-refractivity contribution in [1.82, 2.24) is 29.6 Å². The van der Waals surface area contributed by atoms with Crippen molar-refractivity contribution in [1.29, 1.82) is 0 Å². The number of hydrogen-bond acceptors (Lipinski definition) is 6. The Morgan fingerprint density at radius 2 is 1.96 bits per heavy atom. The zero-order chi connectivity index (χ0) is 17.2. The first-order chi connectivity index (χ1) is 12.2. The molecule has 1 aromatic carbocycles. The van der Waals surface area contributed by atoms with Crippen LogP contribution in [0.5, 0.6) is 5.75 Å². The molecule has 9 heteroatoms. The molecule has 0 spiro atoms. The number of thioether (sulfide) groups is 1. The van der Waals surface area contributed by atoms with Crippen LogP contribution in [0, 0.1) is 0 Å². The second kappa shape index (κ2) is 6.73. The van der Waals surface area contributed by atoms with Crippen molar-refractivity contribution < 1.29 is 4.74 Å². The summed E-state index contributed by atoms with van der Waals surface area (Å²) in [5.74, 6) is 1.44. The van der Waals surface area contributed by atoms with E-state index in [1.165, 1.54) is 11.8 Å². The topological polar surface area (TPSA) is 70.1 Å². The number of tetrazole rings is 1. The van der Waals surface area contributed by atoms with Crippen LogP contribution in [-0.4, -0.2) is 36.7 Å². The summed E-state index contributed by atoms with van der Waals surface area (Å²) in [5.41, 5.74) is 2.65. The number of methoxy groups -OCH3 is 1. The minimum absolute atomic E-state index is 0.649. The van der Waals surface area contributed by atoms with Crippen LogP contribution in [0.3, 0.4) is 0 Å². The number of fused-ring (bicyclic) bond motifs is 1. The van der Waals surface area contributed by atoms with E-state index in [2.05, 4.69) is 20.5 Å². The zero-order valence-corrected chi connectivity index (χ0v) is 14.8. The molecule has 3 aromatic heterocycles. The highest BCUT2D eigenvalue weighted by atomic mass is 35.5. The van der Waals surface area contributed by atoms with Crippen LogP contribution in [0.4, 0.5) is 0 Å². The predicted molar refractivity (Wildman–Crippen MR) is 95.5 cm³/mol. The van der Waals surface area contributed by atoms with Crippen LogP contribution in [0.2, 0.25) is 5.02 Å². The number of ether oxygens (including phenoxy) is 1. The molecule has 7 nitrogen and oxygen atoms in total. The Labute approximate surface area is 152 Å². The van der Waals surface area contributed by atoms with Gasteiger partial charge in [0.15, 0.2) is 0 Å². The Morgan fingerprint density at radius 3 is 2.76 bits per heavy atom. The smallest absolute Gasteiger partial charge is 0.214 e. The number of aromatic nitrogens is 6. The number of benzene rings is 1. The van der Waals surface area contributed by atoms with E-state index >= 15 is 0 Å². The lowest BCUT2D eigenvalue weighted by molar-refractivity contribution is 0.414. The second-order valence-corrected chi connectivity index (χ2v) is 6.58. The van der Waals surface area contributed by atoms with Gasteiger partial charge in [0, 0.05) is 18.1 Å². The fourth-order valence-corrected chi connectivity index (χ4v) is 3.32. The molecule has 0 atom stereocenters. The fraction of sp³-hybridized carbons (Fsp3) is 0.125. The molecular formula is C16H13ClN6OS. The summed E-state index contributed by atoms with van der Waals surface area (Å²) in [5, 5.41) is 13.3. The molecule has 0 aliphatic rings. The maximum absolute atomic E-state index is 6.00. The summed E-state index contributed by atoms with van der Waals surface area (Å²) in [6, 6.07) is 11.3. The van der Waals surface area contributed by atoms with Crippen molar-refractivity contribution in [2.75, 3.05) is 7.11 Å². The Kier molecular flexibility index (Phi) is 4.29. The van der Waals surface area contributed by atoms with Gasteiger partial charge in [-0.1, -0.05) is 23.4 Å². The molecule has 4 aromatic rings. The van der Waals surface area contributed by atoms with Crippen molar-refractivity contribution in [3.05, 3.63) is 59.5 Å². The molecule has 3 heterocycles. The van der Waals surface area contributed by atoms with E-state index in [1.807, 2.05) is 53.2 Å². The van der Waals surface area contributed by atoms with Crippen LogP contribution < -0.4 is 4.74 Å². The largest absolute Gasteiger partial charge is 0.497 e. The lowest BCUT2D eigenvalue weighted by Crippen LogP contribution is -1.99. The van der Waals surface area contributed by atoms with Crippen molar-refractivity contribution in [2.24, 2.45) is 0 Å². The summed E-state index contributed by atoms with van der Waals surface area (Å²) in [4.78, 5) is 4.57. The minimum Gasteiger partial charge on any atom is -0.497 e. The minimum atomic E-state index is 0.649. The Hall–Kier alpha value is -2.58. The molecule has 0 amide bonds. The Morgan fingerprint density at radius 1 is 1.12 bits per heavy atom. The molecule has 0 aliphatic heterocycles. The molecule has 0 aliphatic carbocycles. The monoisotopic (exact) mass is 372 g/mol. The van der Waals surface area contributed by atoms with Gasteiger partial charge in [0.2, 0.25) is 5.16 Å². The third kappa shape index (κ3) is 3.31. The molecule has 126 valence electrons. The number of pyridine rings is 1. The number of rotatable bonds is 5. The maximum atomic E-state index is 6.00. The lowest BCUT2D eigenvalue weighted by atomic mass is 10.3. The fourth-order valence-electron chi connectivity index (χ4n) is 2.38. The summed E-state index contributed by atoms with van der Waals surface area (Å²) >= 11 is 7.52.